The molecule has 1 atom stereocenters. The minimum absolute atomic E-state index is 0.111. The van der Waals surface area contributed by atoms with Crippen molar-refractivity contribution in [3.8, 4) is 0 Å². The first-order chi connectivity index (χ1) is 10.4. The predicted molar refractivity (Wildman–Crippen MR) is 91.7 cm³/mol. The van der Waals surface area contributed by atoms with Crippen LogP contribution in [0.4, 0.5) is 5.69 Å². The van der Waals surface area contributed by atoms with E-state index in [9.17, 15) is 4.79 Å². The number of halogens is 1. The molecule has 0 aliphatic carbocycles. The molecule has 22 heavy (non-hydrogen) atoms. The smallest absolute Gasteiger partial charge is 0.287 e. The second-order valence-corrected chi connectivity index (χ2v) is 6.37. The minimum atomic E-state index is -0.293. The molecule has 0 spiro atoms. The van der Waals surface area contributed by atoms with Crippen LogP contribution in [-0.2, 0) is 12.5 Å². The van der Waals surface area contributed by atoms with E-state index in [1.807, 2.05) is 18.2 Å². The fourth-order valence-corrected chi connectivity index (χ4v) is 2.89. The van der Waals surface area contributed by atoms with Crippen LogP contribution in [0.3, 0.4) is 0 Å². The average Bonchev–Trinajstić information content (AvgIpc) is 2.52. The lowest BCUT2D eigenvalue weighted by Gasteiger charge is -2.35. The molecule has 1 heterocycles. The summed E-state index contributed by atoms with van der Waals surface area (Å²) in [6.45, 7) is 6.49. The monoisotopic (exact) mass is 319 g/mol. The van der Waals surface area contributed by atoms with Crippen molar-refractivity contribution in [3.63, 3.8) is 0 Å². The van der Waals surface area contributed by atoms with Gasteiger partial charge in [0.15, 0.2) is 0 Å². The lowest BCUT2D eigenvalue weighted by Crippen LogP contribution is -2.40. The highest BCUT2D eigenvalue weighted by Gasteiger charge is 2.30. The summed E-state index contributed by atoms with van der Waals surface area (Å²) in [6.07, 6.45) is 2.50. The Morgan fingerprint density at radius 1 is 1.32 bits per heavy atom. The molecule has 0 amide bonds. The molecule has 1 aromatic heterocycles. The van der Waals surface area contributed by atoms with Crippen molar-refractivity contribution in [2.45, 2.75) is 38.6 Å². The molecule has 1 aromatic carbocycles. The number of aromatic nitrogens is 2. The first kappa shape index (κ1) is 16.6. The van der Waals surface area contributed by atoms with Gasteiger partial charge in [-0.3, -0.25) is 4.79 Å². The van der Waals surface area contributed by atoms with Crippen LogP contribution in [0.5, 0.6) is 0 Å². The SMILES string of the molecule is CCC(Nc1cnn(C)c(=O)c1Cl)C(C)(C)c1ccccc1. The van der Waals surface area contributed by atoms with E-state index in [1.54, 1.807) is 13.2 Å². The van der Waals surface area contributed by atoms with Gasteiger partial charge in [-0.15, -0.1) is 0 Å². The number of anilines is 1. The van der Waals surface area contributed by atoms with Gasteiger partial charge in [0, 0.05) is 18.5 Å². The van der Waals surface area contributed by atoms with Crippen molar-refractivity contribution in [2.75, 3.05) is 5.32 Å². The third-order valence-electron chi connectivity index (χ3n) is 4.21. The Hall–Kier alpha value is -1.81. The van der Waals surface area contributed by atoms with Crippen LogP contribution in [0.15, 0.2) is 41.3 Å². The maximum Gasteiger partial charge on any atom is 0.287 e. The molecule has 2 rings (SSSR count). The molecule has 5 heteroatoms. The first-order valence-electron chi connectivity index (χ1n) is 7.41. The van der Waals surface area contributed by atoms with Gasteiger partial charge in [-0.25, -0.2) is 4.68 Å². The summed E-state index contributed by atoms with van der Waals surface area (Å²) in [7, 11) is 1.59. The maximum atomic E-state index is 11.9. The predicted octanol–water partition coefficient (Wildman–Crippen LogP) is 3.60. The molecular formula is C17H22ClN3O. The summed E-state index contributed by atoms with van der Waals surface area (Å²) in [4.78, 5) is 11.9. The number of nitrogens with one attached hydrogen (secondary N) is 1. The summed E-state index contributed by atoms with van der Waals surface area (Å²) in [5, 5.41) is 7.62. The molecule has 118 valence electrons. The molecule has 1 N–H and O–H groups in total. The van der Waals surface area contributed by atoms with E-state index < -0.39 is 0 Å². The van der Waals surface area contributed by atoms with Crippen molar-refractivity contribution in [3.05, 3.63) is 57.5 Å². The molecule has 0 aliphatic heterocycles. The topological polar surface area (TPSA) is 46.9 Å². The standard InChI is InChI=1S/C17H22ClN3O/c1-5-14(17(2,3)12-9-7-6-8-10-12)20-13-11-19-21(4)16(22)15(13)18/h6-11,14,20H,5H2,1-4H3. The molecule has 0 aliphatic rings. The van der Waals surface area contributed by atoms with E-state index in [2.05, 4.69) is 43.3 Å². The number of hydrogen-bond donors (Lipinski definition) is 1. The summed E-state index contributed by atoms with van der Waals surface area (Å²) < 4.78 is 1.23. The molecular weight excluding hydrogens is 298 g/mol. The normalized spacial score (nSPS) is 13.0. The zero-order valence-corrected chi connectivity index (χ0v) is 14.2. The Bertz CT molecular complexity index is 695. The van der Waals surface area contributed by atoms with Crippen molar-refractivity contribution in [1.29, 1.82) is 0 Å². The Labute approximate surface area is 136 Å². The fourth-order valence-electron chi connectivity index (χ4n) is 2.66. The van der Waals surface area contributed by atoms with Gasteiger partial charge in [0.05, 0.1) is 11.9 Å². The summed E-state index contributed by atoms with van der Waals surface area (Å²) in [6, 6.07) is 10.5. The van der Waals surface area contributed by atoms with E-state index in [4.69, 9.17) is 11.6 Å². The van der Waals surface area contributed by atoms with Gasteiger partial charge < -0.3 is 5.32 Å². The molecule has 0 fully saturated rings. The Balaban J connectivity index is 2.34. The quantitative estimate of drug-likeness (QED) is 0.916. The lowest BCUT2D eigenvalue weighted by atomic mass is 9.76. The third kappa shape index (κ3) is 3.17. The highest BCUT2D eigenvalue weighted by molar-refractivity contribution is 6.32. The van der Waals surface area contributed by atoms with Crippen LogP contribution >= 0.6 is 11.6 Å². The van der Waals surface area contributed by atoms with E-state index in [1.165, 1.54) is 10.2 Å². The van der Waals surface area contributed by atoms with Crippen molar-refractivity contribution < 1.29 is 0 Å². The van der Waals surface area contributed by atoms with Gasteiger partial charge in [-0.2, -0.15) is 5.10 Å². The molecule has 2 aromatic rings. The van der Waals surface area contributed by atoms with E-state index in [0.717, 1.165) is 6.42 Å². The number of aryl methyl sites for hydroxylation is 1. The Morgan fingerprint density at radius 2 is 1.95 bits per heavy atom. The van der Waals surface area contributed by atoms with Crippen LogP contribution in [0, 0.1) is 0 Å². The van der Waals surface area contributed by atoms with Crippen LogP contribution in [-0.4, -0.2) is 15.8 Å². The molecule has 0 saturated carbocycles. The van der Waals surface area contributed by atoms with Crippen LogP contribution in [0.25, 0.3) is 0 Å². The van der Waals surface area contributed by atoms with Crippen molar-refractivity contribution in [2.24, 2.45) is 7.05 Å². The number of benzene rings is 1. The second-order valence-electron chi connectivity index (χ2n) is 5.99. The van der Waals surface area contributed by atoms with Gasteiger partial charge in [-0.05, 0) is 12.0 Å². The van der Waals surface area contributed by atoms with E-state index in [-0.39, 0.29) is 22.0 Å². The zero-order chi connectivity index (χ0) is 16.3. The van der Waals surface area contributed by atoms with Crippen LogP contribution in [0.1, 0.15) is 32.8 Å². The van der Waals surface area contributed by atoms with Gasteiger partial charge in [0.25, 0.3) is 5.56 Å². The van der Waals surface area contributed by atoms with Gasteiger partial charge in [0.1, 0.15) is 5.02 Å². The van der Waals surface area contributed by atoms with Gasteiger partial charge in [-0.1, -0.05) is 62.7 Å². The van der Waals surface area contributed by atoms with Crippen LogP contribution < -0.4 is 10.9 Å². The fraction of sp³-hybridized carbons (Fsp3) is 0.412. The van der Waals surface area contributed by atoms with Crippen LogP contribution in [0.2, 0.25) is 5.02 Å². The molecule has 0 saturated heterocycles. The average molecular weight is 320 g/mol. The molecule has 4 nitrogen and oxygen atoms in total. The Morgan fingerprint density at radius 3 is 2.55 bits per heavy atom. The summed E-state index contributed by atoms with van der Waals surface area (Å²) in [5.41, 5.74) is 1.42. The highest BCUT2D eigenvalue weighted by atomic mass is 35.5. The molecule has 0 radical (unpaired) electrons. The van der Waals surface area contributed by atoms with Gasteiger partial charge >= 0.3 is 0 Å². The van der Waals surface area contributed by atoms with E-state index >= 15 is 0 Å². The lowest BCUT2D eigenvalue weighted by molar-refractivity contribution is 0.423. The van der Waals surface area contributed by atoms with Gasteiger partial charge in [0.2, 0.25) is 0 Å². The zero-order valence-electron chi connectivity index (χ0n) is 13.4. The summed E-state index contributed by atoms with van der Waals surface area (Å²) >= 11 is 6.16. The number of rotatable bonds is 5. The highest BCUT2D eigenvalue weighted by Crippen LogP contribution is 2.31. The number of nitrogens with zero attached hydrogens (tertiary/aromatic N) is 2. The largest absolute Gasteiger partial charge is 0.379 e. The first-order valence-corrected chi connectivity index (χ1v) is 7.79. The minimum Gasteiger partial charge on any atom is -0.379 e. The maximum absolute atomic E-state index is 11.9. The van der Waals surface area contributed by atoms with Crippen molar-refractivity contribution in [1.82, 2.24) is 9.78 Å². The molecule has 1 unspecified atom stereocenters. The van der Waals surface area contributed by atoms with Crippen molar-refractivity contribution >= 4 is 17.3 Å². The second kappa shape index (κ2) is 6.53. The summed E-state index contributed by atoms with van der Waals surface area (Å²) in [5.74, 6) is 0. The van der Waals surface area contributed by atoms with E-state index in [0.29, 0.717) is 5.69 Å². The molecule has 0 bridgehead atoms. The number of hydrogen-bond acceptors (Lipinski definition) is 3. The Kier molecular flexibility index (Phi) is 4.91. The third-order valence-corrected chi connectivity index (χ3v) is 4.57.